The zero-order valence-corrected chi connectivity index (χ0v) is 26.7. The molecule has 1 aliphatic rings. The normalized spacial score (nSPS) is 14.6. The van der Waals surface area contributed by atoms with Crippen LogP contribution in [-0.2, 0) is 5.41 Å². The van der Waals surface area contributed by atoms with Crippen molar-refractivity contribution in [3.63, 3.8) is 0 Å². The summed E-state index contributed by atoms with van der Waals surface area (Å²) in [4.78, 5) is 14.6. The van der Waals surface area contributed by atoms with Crippen LogP contribution in [-0.4, -0.2) is 15.0 Å². The van der Waals surface area contributed by atoms with Crippen molar-refractivity contribution in [3.05, 3.63) is 211 Å². The van der Waals surface area contributed by atoms with Crippen LogP contribution in [0.2, 0.25) is 0 Å². The molecular weight excluding hydrogens is 595 g/mol. The van der Waals surface area contributed by atoms with Crippen LogP contribution in [0.1, 0.15) is 22.3 Å². The second-order valence-electron chi connectivity index (χ2n) is 12.4. The van der Waals surface area contributed by atoms with E-state index in [0.717, 1.165) is 39.2 Å². The largest absolute Gasteiger partial charge is 0.264 e. The van der Waals surface area contributed by atoms with Crippen molar-refractivity contribution in [2.24, 2.45) is 0 Å². The molecule has 0 saturated heterocycles. The zero-order valence-electron chi connectivity index (χ0n) is 26.7. The monoisotopic (exact) mass is 625 g/mol. The first-order valence-electron chi connectivity index (χ1n) is 16.6. The smallest absolute Gasteiger partial charge is 0.160 e. The second kappa shape index (κ2) is 12.0. The first-order chi connectivity index (χ1) is 24.3. The van der Waals surface area contributed by atoms with E-state index in [0.29, 0.717) is 5.82 Å². The van der Waals surface area contributed by atoms with Gasteiger partial charge in [0.15, 0.2) is 5.82 Å². The Labute approximate surface area is 286 Å². The molecule has 3 nitrogen and oxygen atoms in total. The maximum Gasteiger partial charge on any atom is 0.160 e. The molecule has 0 saturated carbocycles. The van der Waals surface area contributed by atoms with E-state index < -0.39 is 5.41 Å². The fourth-order valence-electron chi connectivity index (χ4n) is 7.42. The van der Waals surface area contributed by atoms with Crippen molar-refractivity contribution < 1.29 is 0 Å². The molecule has 0 fully saturated rings. The van der Waals surface area contributed by atoms with E-state index in [1.54, 1.807) is 0 Å². The van der Waals surface area contributed by atoms with Crippen molar-refractivity contribution in [2.45, 2.75) is 5.41 Å². The van der Waals surface area contributed by atoms with Gasteiger partial charge >= 0.3 is 0 Å². The highest BCUT2D eigenvalue weighted by atomic mass is 14.9. The van der Waals surface area contributed by atoms with Crippen molar-refractivity contribution in [2.75, 3.05) is 0 Å². The third-order valence-electron chi connectivity index (χ3n) is 9.69. The van der Waals surface area contributed by atoms with Gasteiger partial charge in [-0.15, -0.1) is 0 Å². The lowest BCUT2D eigenvalue weighted by Crippen LogP contribution is -2.28. The Kier molecular flexibility index (Phi) is 7.02. The minimum atomic E-state index is -0.486. The molecule has 2 aromatic heterocycles. The van der Waals surface area contributed by atoms with Crippen LogP contribution in [0, 0.1) is 0 Å². The van der Waals surface area contributed by atoms with Gasteiger partial charge in [0, 0.05) is 29.1 Å². The highest BCUT2D eigenvalue weighted by molar-refractivity contribution is 5.88. The molecular formula is C46H31N3. The number of nitrogens with zero attached hydrogens (tertiary/aromatic N) is 3. The lowest BCUT2D eigenvalue weighted by Gasteiger charge is -2.33. The molecule has 8 aromatic rings. The second-order valence-corrected chi connectivity index (χ2v) is 12.4. The summed E-state index contributed by atoms with van der Waals surface area (Å²) in [6, 6.07) is 62.2. The summed E-state index contributed by atoms with van der Waals surface area (Å²) >= 11 is 0. The average Bonchev–Trinajstić information content (AvgIpc) is 3.49. The van der Waals surface area contributed by atoms with Crippen LogP contribution in [0.3, 0.4) is 0 Å². The molecule has 0 bridgehead atoms. The van der Waals surface area contributed by atoms with E-state index in [1.807, 2.05) is 54.9 Å². The Morgan fingerprint density at radius 2 is 0.918 bits per heavy atom. The van der Waals surface area contributed by atoms with Crippen LogP contribution in [0.5, 0.6) is 0 Å². The third kappa shape index (κ3) is 4.87. The van der Waals surface area contributed by atoms with E-state index >= 15 is 0 Å². The number of rotatable bonds is 6. The molecule has 1 unspecified atom stereocenters. The Balaban J connectivity index is 1.17. The van der Waals surface area contributed by atoms with E-state index in [-0.39, 0.29) is 0 Å². The predicted molar refractivity (Wildman–Crippen MR) is 199 cm³/mol. The number of hydrogen-bond donors (Lipinski definition) is 0. The highest BCUT2D eigenvalue weighted by Crippen LogP contribution is 2.56. The summed E-state index contributed by atoms with van der Waals surface area (Å²) in [6.45, 7) is 0. The molecule has 230 valence electrons. The molecule has 1 atom stereocenters. The van der Waals surface area contributed by atoms with Gasteiger partial charge in [-0.05, 0) is 62.7 Å². The highest BCUT2D eigenvalue weighted by Gasteiger charge is 2.46. The standard InChI is InChI=1S/C46H31N3/c1-4-13-33(14-5-1)43-30-44(49-45(48-43)35-15-6-2-7-16-35)34-24-22-32(23-25-34)36-26-27-40-39-20-10-11-21-41(39)46(42(40)29-36,37-17-8-3-9-18-37)38-19-12-28-47-31-38/h1-31H. The lowest BCUT2D eigenvalue weighted by atomic mass is 9.68. The summed E-state index contributed by atoms with van der Waals surface area (Å²) in [7, 11) is 0. The van der Waals surface area contributed by atoms with Crippen LogP contribution < -0.4 is 0 Å². The fraction of sp³-hybridized carbons (Fsp3) is 0.0217. The first-order valence-corrected chi connectivity index (χ1v) is 16.6. The lowest BCUT2D eigenvalue weighted by molar-refractivity contribution is 0.763. The van der Waals surface area contributed by atoms with Crippen molar-refractivity contribution in [1.82, 2.24) is 15.0 Å². The van der Waals surface area contributed by atoms with Crippen LogP contribution in [0.25, 0.3) is 56.2 Å². The third-order valence-corrected chi connectivity index (χ3v) is 9.69. The summed E-state index contributed by atoms with van der Waals surface area (Å²) < 4.78 is 0. The maximum absolute atomic E-state index is 5.04. The molecule has 6 aromatic carbocycles. The van der Waals surface area contributed by atoms with Gasteiger partial charge in [0.25, 0.3) is 0 Å². The number of hydrogen-bond acceptors (Lipinski definition) is 3. The van der Waals surface area contributed by atoms with E-state index in [1.165, 1.54) is 33.4 Å². The number of benzene rings is 6. The molecule has 0 amide bonds. The SMILES string of the molecule is c1ccc(-c2cc(-c3ccc(-c4ccc5c(c4)C(c4ccccc4)(c4cccnc4)c4ccccc4-5)cc3)nc(-c3ccccc3)n2)cc1. The molecule has 0 spiro atoms. The Morgan fingerprint density at radius 3 is 1.61 bits per heavy atom. The summed E-state index contributed by atoms with van der Waals surface area (Å²) in [5.41, 5.74) is 14.2. The number of pyridine rings is 1. The van der Waals surface area contributed by atoms with Gasteiger partial charge in [0.05, 0.1) is 16.8 Å². The first kappa shape index (κ1) is 28.7. The minimum Gasteiger partial charge on any atom is -0.264 e. The Hall–Kier alpha value is -6.45. The summed E-state index contributed by atoms with van der Waals surface area (Å²) in [5.74, 6) is 0.715. The van der Waals surface area contributed by atoms with Gasteiger partial charge in [0.1, 0.15) is 0 Å². The molecule has 9 rings (SSSR count). The van der Waals surface area contributed by atoms with Gasteiger partial charge in [-0.3, -0.25) is 4.98 Å². The van der Waals surface area contributed by atoms with Gasteiger partial charge in [0.2, 0.25) is 0 Å². The molecule has 0 N–H and O–H groups in total. The van der Waals surface area contributed by atoms with Gasteiger partial charge in [-0.1, -0.05) is 158 Å². The van der Waals surface area contributed by atoms with Crippen molar-refractivity contribution in [3.8, 4) is 56.2 Å². The van der Waals surface area contributed by atoms with Crippen LogP contribution in [0.15, 0.2) is 188 Å². The molecule has 49 heavy (non-hydrogen) atoms. The van der Waals surface area contributed by atoms with Crippen molar-refractivity contribution in [1.29, 1.82) is 0 Å². The van der Waals surface area contributed by atoms with Gasteiger partial charge < -0.3 is 0 Å². The predicted octanol–water partition coefficient (Wildman–Crippen LogP) is 10.9. The quantitative estimate of drug-likeness (QED) is 0.185. The van der Waals surface area contributed by atoms with Gasteiger partial charge in [-0.25, -0.2) is 9.97 Å². The van der Waals surface area contributed by atoms with Crippen molar-refractivity contribution >= 4 is 0 Å². The number of fused-ring (bicyclic) bond motifs is 3. The van der Waals surface area contributed by atoms with Crippen LogP contribution >= 0.6 is 0 Å². The minimum absolute atomic E-state index is 0.486. The summed E-state index contributed by atoms with van der Waals surface area (Å²) in [5, 5.41) is 0. The molecule has 3 heteroatoms. The molecule has 0 radical (unpaired) electrons. The Morgan fingerprint density at radius 1 is 0.367 bits per heavy atom. The Bertz CT molecular complexity index is 2310. The zero-order chi connectivity index (χ0) is 32.6. The van der Waals surface area contributed by atoms with Gasteiger partial charge in [-0.2, -0.15) is 0 Å². The number of aromatic nitrogens is 3. The molecule has 2 heterocycles. The van der Waals surface area contributed by atoms with E-state index in [9.17, 15) is 0 Å². The average molecular weight is 626 g/mol. The van der Waals surface area contributed by atoms with Crippen LogP contribution in [0.4, 0.5) is 0 Å². The summed E-state index contributed by atoms with van der Waals surface area (Å²) in [6.07, 6.45) is 3.88. The maximum atomic E-state index is 5.04. The van der Waals surface area contributed by atoms with E-state index in [4.69, 9.17) is 9.97 Å². The van der Waals surface area contributed by atoms with E-state index in [2.05, 4.69) is 138 Å². The molecule has 0 aliphatic heterocycles. The topological polar surface area (TPSA) is 38.7 Å². The molecule has 1 aliphatic carbocycles. The fourth-order valence-corrected chi connectivity index (χ4v) is 7.42.